The van der Waals surface area contributed by atoms with Gasteiger partial charge in [0.15, 0.2) is 0 Å². The van der Waals surface area contributed by atoms with E-state index in [1.54, 1.807) is 0 Å². The summed E-state index contributed by atoms with van der Waals surface area (Å²) >= 11 is 0. The zero-order valence-corrected chi connectivity index (χ0v) is 8.93. The highest BCUT2D eigenvalue weighted by atomic mass is 14.9. The average Bonchev–Trinajstić information content (AvgIpc) is 2.49. The molecule has 1 aromatic rings. The van der Waals surface area contributed by atoms with Gasteiger partial charge in [-0.3, -0.25) is 0 Å². The molecule has 1 heterocycles. The van der Waals surface area contributed by atoms with Gasteiger partial charge in [-0.25, -0.2) is 0 Å². The van der Waals surface area contributed by atoms with Crippen molar-refractivity contribution < 1.29 is 0 Å². The first kappa shape index (κ1) is 9.53. The molecule has 0 saturated heterocycles. The first-order chi connectivity index (χ1) is 6.72. The summed E-state index contributed by atoms with van der Waals surface area (Å²) in [6.07, 6.45) is 1.09. The van der Waals surface area contributed by atoms with Gasteiger partial charge in [-0.2, -0.15) is 0 Å². The molecule has 0 spiro atoms. The van der Waals surface area contributed by atoms with Crippen molar-refractivity contribution in [3.8, 4) is 0 Å². The molecular formula is C12H18N2. The molecule has 1 unspecified atom stereocenters. The topological polar surface area (TPSA) is 38.0 Å². The van der Waals surface area contributed by atoms with Crippen LogP contribution in [0.5, 0.6) is 0 Å². The third kappa shape index (κ3) is 1.50. The van der Waals surface area contributed by atoms with Gasteiger partial charge >= 0.3 is 0 Å². The molecule has 3 N–H and O–H groups in total. The zero-order valence-electron chi connectivity index (χ0n) is 8.93. The molecule has 76 valence electrons. The van der Waals surface area contributed by atoms with Gasteiger partial charge in [-0.1, -0.05) is 17.7 Å². The number of hydrogen-bond acceptors (Lipinski definition) is 2. The van der Waals surface area contributed by atoms with Crippen LogP contribution >= 0.6 is 0 Å². The minimum atomic E-state index is 0.619. The zero-order chi connectivity index (χ0) is 10.1. The van der Waals surface area contributed by atoms with Crippen LogP contribution in [0.1, 0.15) is 29.0 Å². The van der Waals surface area contributed by atoms with Gasteiger partial charge in [0.2, 0.25) is 0 Å². The van der Waals surface area contributed by atoms with Crippen LogP contribution in [0.2, 0.25) is 0 Å². The van der Waals surface area contributed by atoms with E-state index < -0.39 is 0 Å². The van der Waals surface area contributed by atoms with Gasteiger partial charge < -0.3 is 11.1 Å². The molecule has 0 saturated carbocycles. The maximum atomic E-state index is 5.61. The standard InChI is InChI=1S/C12H18N2/c1-8-5-9(2)12-11(6-8)10(3-4-13)7-14-12/h5-6,10,14H,3-4,7,13H2,1-2H3. The van der Waals surface area contributed by atoms with Crippen molar-refractivity contribution in [2.75, 3.05) is 18.4 Å². The van der Waals surface area contributed by atoms with Crippen molar-refractivity contribution in [3.63, 3.8) is 0 Å². The monoisotopic (exact) mass is 190 g/mol. The summed E-state index contributed by atoms with van der Waals surface area (Å²) in [5, 5.41) is 3.47. The first-order valence-electron chi connectivity index (χ1n) is 5.27. The van der Waals surface area contributed by atoms with Gasteiger partial charge in [0, 0.05) is 18.2 Å². The Kier molecular flexibility index (Phi) is 2.46. The fourth-order valence-electron chi connectivity index (χ4n) is 2.36. The molecule has 1 aliphatic rings. The summed E-state index contributed by atoms with van der Waals surface area (Å²) in [6.45, 7) is 6.16. The van der Waals surface area contributed by atoms with Crippen LogP contribution in [0.4, 0.5) is 5.69 Å². The van der Waals surface area contributed by atoms with Crippen molar-refractivity contribution in [3.05, 3.63) is 28.8 Å². The van der Waals surface area contributed by atoms with Gasteiger partial charge in [-0.05, 0) is 37.9 Å². The van der Waals surface area contributed by atoms with Crippen molar-refractivity contribution >= 4 is 5.69 Å². The van der Waals surface area contributed by atoms with Crippen LogP contribution in [0.3, 0.4) is 0 Å². The Hall–Kier alpha value is -1.02. The van der Waals surface area contributed by atoms with Crippen LogP contribution in [0.25, 0.3) is 0 Å². The fraction of sp³-hybridized carbons (Fsp3) is 0.500. The second-order valence-electron chi connectivity index (χ2n) is 4.20. The van der Waals surface area contributed by atoms with Crippen LogP contribution < -0.4 is 11.1 Å². The predicted molar refractivity (Wildman–Crippen MR) is 60.8 cm³/mol. The minimum absolute atomic E-state index is 0.619. The number of hydrogen-bond donors (Lipinski definition) is 2. The predicted octanol–water partition coefficient (Wildman–Crippen LogP) is 2.16. The number of nitrogens with two attached hydrogens (primary N) is 1. The Labute approximate surface area is 85.5 Å². The number of benzene rings is 1. The Morgan fingerprint density at radius 2 is 2.21 bits per heavy atom. The summed E-state index contributed by atoms with van der Waals surface area (Å²) in [5.41, 5.74) is 11.1. The summed E-state index contributed by atoms with van der Waals surface area (Å²) in [6, 6.07) is 4.53. The second kappa shape index (κ2) is 3.62. The Morgan fingerprint density at radius 1 is 1.43 bits per heavy atom. The third-order valence-electron chi connectivity index (χ3n) is 2.99. The molecule has 2 nitrogen and oxygen atoms in total. The largest absolute Gasteiger partial charge is 0.384 e. The van der Waals surface area contributed by atoms with Crippen molar-refractivity contribution in [2.24, 2.45) is 5.73 Å². The number of rotatable bonds is 2. The number of aryl methyl sites for hydroxylation is 2. The van der Waals surface area contributed by atoms with E-state index in [0.717, 1.165) is 19.5 Å². The SMILES string of the molecule is Cc1cc(C)c2c(c1)C(CCN)CN2. The van der Waals surface area contributed by atoms with E-state index >= 15 is 0 Å². The molecule has 0 bridgehead atoms. The molecule has 1 aromatic carbocycles. The molecule has 0 aromatic heterocycles. The van der Waals surface area contributed by atoms with Gasteiger partial charge in [0.25, 0.3) is 0 Å². The highest BCUT2D eigenvalue weighted by Crippen LogP contribution is 2.36. The Morgan fingerprint density at radius 3 is 2.93 bits per heavy atom. The van der Waals surface area contributed by atoms with Crippen molar-refractivity contribution in [1.29, 1.82) is 0 Å². The molecule has 0 fully saturated rings. The molecule has 0 radical (unpaired) electrons. The minimum Gasteiger partial charge on any atom is -0.384 e. The molecule has 0 amide bonds. The average molecular weight is 190 g/mol. The van der Waals surface area contributed by atoms with Gasteiger partial charge in [0.05, 0.1) is 0 Å². The first-order valence-corrected chi connectivity index (χ1v) is 5.27. The third-order valence-corrected chi connectivity index (χ3v) is 2.99. The molecule has 1 atom stereocenters. The summed E-state index contributed by atoms with van der Waals surface area (Å²) in [5.74, 6) is 0.619. The van der Waals surface area contributed by atoms with Crippen LogP contribution in [0, 0.1) is 13.8 Å². The van der Waals surface area contributed by atoms with Crippen LogP contribution in [0.15, 0.2) is 12.1 Å². The van der Waals surface area contributed by atoms with Crippen molar-refractivity contribution in [2.45, 2.75) is 26.2 Å². The molecule has 0 aliphatic carbocycles. The van der Waals surface area contributed by atoms with Crippen LogP contribution in [-0.4, -0.2) is 13.1 Å². The summed E-state index contributed by atoms with van der Waals surface area (Å²) in [7, 11) is 0. The Bertz CT molecular complexity index is 344. The Balaban J connectivity index is 2.38. The number of anilines is 1. The maximum Gasteiger partial charge on any atom is 0.0406 e. The molecule has 2 rings (SSSR count). The number of nitrogens with one attached hydrogen (secondary N) is 1. The quantitative estimate of drug-likeness (QED) is 0.750. The molecule has 14 heavy (non-hydrogen) atoms. The maximum absolute atomic E-state index is 5.61. The van der Waals surface area contributed by atoms with E-state index in [1.165, 1.54) is 22.4 Å². The van der Waals surface area contributed by atoms with E-state index in [9.17, 15) is 0 Å². The smallest absolute Gasteiger partial charge is 0.0406 e. The molecule has 2 heteroatoms. The lowest BCUT2D eigenvalue weighted by Crippen LogP contribution is -2.08. The van der Waals surface area contributed by atoms with E-state index in [4.69, 9.17) is 5.73 Å². The van der Waals surface area contributed by atoms with E-state index in [0.29, 0.717) is 5.92 Å². The summed E-state index contributed by atoms with van der Waals surface area (Å²) in [4.78, 5) is 0. The van der Waals surface area contributed by atoms with Gasteiger partial charge in [0.1, 0.15) is 0 Å². The fourth-order valence-corrected chi connectivity index (χ4v) is 2.36. The lowest BCUT2D eigenvalue weighted by Gasteiger charge is -2.10. The second-order valence-corrected chi connectivity index (χ2v) is 4.20. The van der Waals surface area contributed by atoms with Gasteiger partial charge in [-0.15, -0.1) is 0 Å². The molecule has 1 aliphatic heterocycles. The van der Waals surface area contributed by atoms with E-state index in [2.05, 4.69) is 31.3 Å². The normalized spacial score (nSPS) is 19.2. The van der Waals surface area contributed by atoms with Crippen LogP contribution in [-0.2, 0) is 0 Å². The highest BCUT2D eigenvalue weighted by molar-refractivity contribution is 5.63. The lowest BCUT2D eigenvalue weighted by atomic mass is 9.95. The van der Waals surface area contributed by atoms with E-state index in [-0.39, 0.29) is 0 Å². The lowest BCUT2D eigenvalue weighted by molar-refractivity contribution is 0.685. The summed E-state index contributed by atoms with van der Waals surface area (Å²) < 4.78 is 0. The highest BCUT2D eigenvalue weighted by Gasteiger charge is 2.22. The number of fused-ring (bicyclic) bond motifs is 1. The van der Waals surface area contributed by atoms with Crippen molar-refractivity contribution in [1.82, 2.24) is 0 Å². The van der Waals surface area contributed by atoms with E-state index in [1.807, 2.05) is 0 Å². The molecular weight excluding hydrogens is 172 g/mol.